The van der Waals surface area contributed by atoms with Crippen LogP contribution >= 0.6 is 8.60 Å². The number of anilines is 3. The number of H-pyrrole nitrogens is 1. The Labute approximate surface area is 274 Å². The van der Waals surface area contributed by atoms with Gasteiger partial charge in [-0.3, -0.25) is 14.6 Å². The van der Waals surface area contributed by atoms with Crippen LogP contribution in [0.25, 0.3) is 11.2 Å². The number of unbranched alkanes of at least 4 members (excludes halogenated alkanes) is 1. The first kappa shape index (κ1) is 36.3. The minimum absolute atomic E-state index is 0.0224. The van der Waals surface area contributed by atoms with E-state index in [4.69, 9.17) is 18.3 Å². The second kappa shape index (κ2) is 17.1. The molecule has 256 valence electrons. The van der Waals surface area contributed by atoms with Gasteiger partial charge in [0.25, 0.3) is 5.56 Å². The van der Waals surface area contributed by atoms with Gasteiger partial charge in [-0.05, 0) is 76.1 Å². The fraction of sp³-hybridized carbons (Fsp3) is 0.355. The predicted octanol–water partition coefficient (Wildman–Crippen LogP) is 6.54. The first-order chi connectivity index (χ1) is 23.0. The van der Waals surface area contributed by atoms with E-state index < -0.39 is 31.9 Å². The van der Waals surface area contributed by atoms with Crippen LogP contribution < -0.4 is 16.2 Å². The van der Waals surface area contributed by atoms with Gasteiger partial charge in [0, 0.05) is 11.3 Å². The molecular weight excluding hydrogens is 656 g/mol. The van der Waals surface area contributed by atoms with E-state index in [1.807, 2.05) is 13.8 Å². The highest BCUT2D eigenvalue weighted by molar-refractivity contribution is 7.41. The zero-order valence-corrected chi connectivity index (χ0v) is 27.2. The van der Waals surface area contributed by atoms with Crippen molar-refractivity contribution in [3.05, 3.63) is 81.4 Å². The molecule has 0 aliphatic heterocycles. The number of hydrogen-bond donors (Lipinski definition) is 3. The van der Waals surface area contributed by atoms with Crippen molar-refractivity contribution >= 4 is 48.8 Å². The number of esters is 1. The lowest BCUT2D eigenvalue weighted by Crippen LogP contribution is -2.17. The van der Waals surface area contributed by atoms with Gasteiger partial charge in [-0.2, -0.15) is 18.2 Å². The number of halogens is 3. The molecule has 2 heterocycles. The van der Waals surface area contributed by atoms with Crippen molar-refractivity contribution in [1.82, 2.24) is 19.9 Å². The summed E-state index contributed by atoms with van der Waals surface area (Å²) in [6.07, 6.45) is -2.39. The molecule has 0 atom stereocenters. The summed E-state index contributed by atoms with van der Waals surface area (Å²) in [5, 5.41) is 5.72. The molecule has 0 aliphatic rings. The molecule has 2 aromatic heterocycles. The summed E-state index contributed by atoms with van der Waals surface area (Å²) in [7, 11) is -1.46. The van der Waals surface area contributed by atoms with Gasteiger partial charge < -0.3 is 28.9 Å². The van der Waals surface area contributed by atoms with Crippen LogP contribution in [-0.4, -0.2) is 58.1 Å². The number of Topliss-reactive ketones (excluding diaryl/α,β-unsaturated/α-hetero) is 1. The molecule has 4 aromatic rings. The molecule has 0 radical (unpaired) electrons. The van der Waals surface area contributed by atoms with Gasteiger partial charge in [-0.25, -0.2) is 14.8 Å². The maximum atomic E-state index is 13.6. The quantitative estimate of drug-likeness (QED) is 0.0474. The number of hydrogen-bond acceptors (Lipinski definition) is 12. The molecule has 0 aliphatic carbocycles. The van der Waals surface area contributed by atoms with Crippen molar-refractivity contribution in [2.75, 3.05) is 37.1 Å². The van der Waals surface area contributed by atoms with E-state index in [0.717, 1.165) is 18.2 Å². The van der Waals surface area contributed by atoms with E-state index >= 15 is 0 Å². The average Bonchev–Trinajstić information content (AvgIpc) is 3.05. The summed E-state index contributed by atoms with van der Waals surface area (Å²) in [5.41, 5.74) is -0.730. The lowest BCUT2D eigenvalue weighted by atomic mass is 10.1. The maximum absolute atomic E-state index is 13.6. The monoisotopic (exact) mass is 690 g/mol. The summed E-state index contributed by atoms with van der Waals surface area (Å²) >= 11 is 0. The zero-order chi connectivity index (χ0) is 34.7. The normalized spacial score (nSPS) is 11.6. The summed E-state index contributed by atoms with van der Waals surface area (Å²) in [4.78, 5) is 52.4. The van der Waals surface area contributed by atoms with E-state index in [-0.39, 0.29) is 47.3 Å². The van der Waals surface area contributed by atoms with Crippen molar-refractivity contribution in [3.8, 4) is 0 Å². The number of aromatic nitrogens is 4. The summed E-state index contributed by atoms with van der Waals surface area (Å²) < 4.78 is 62.2. The first-order valence-corrected chi connectivity index (χ1v) is 16.0. The van der Waals surface area contributed by atoms with Crippen LogP contribution in [0.4, 0.5) is 30.5 Å². The standard InChI is InChI=1S/C31H34F3N6O7P/c1-4-45-48(46-5-2)47-15-7-6-14-44-29(43)24-13-10-21(31(32,33)34)16-25(24)38-30-39-27-26(28(42)40-30)37-23(18-36-27)17-35-22-11-8-20(9-12-22)19(3)41/h8-13,16,18,35H,4-7,14-15,17H2,1-3H3,(H2,36,38,39,40,42). The topological polar surface area (TPSA) is 167 Å². The molecule has 4 rings (SSSR count). The Morgan fingerprint density at radius 2 is 1.67 bits per heavy atom. The summed E-state index contributed by atoms with van der Waals surface area (Å²) in [6, 6.07) is 9.28. The number of nitrogens with one attached hydrogen (secondary N) is 3. The zero-order valence-electron chi connectivity index (χ0n) is 26.3. The SMILES string of the molecule is CCOP(OCC)OCCCCOC(=O)c1ccc(C(F)(F)F)cc1Nc1nc2ncc(CNc3ccc(C(C)=O)cc3)nc2c(=O)[nH]1. The van der Waals surface area contributed by atoms with Crippen molar-refractivity contribution < 1.29 is 41.1 Å². The van der Waals surface area contributed by atoms with Crippen LogP contribution in [0, 0.1) is 0 Å². The molecule has 0 saturated heterocycles. The van der Waals surface area contributed by atoms with Crippen molar-refractivity contribution in [2.24, 2.45) is 0 Å². The van der Waals surface area contributed by atoms with Gasteiger partial charge in [0.1, 0.15) is 0 Å². The van der Waals surface area contributed by atoms with Gasteiger partial charge in [-0.15, -0.1) is 0 Å². The second-order valence-electron chi connectivity index (χ2n) is 10.1. The number of alkyl halides is 3. The largest absolute Gasteiger partial charge is 0.462 e. The number of carbonyl (C=O) groups excluding carboxylic acids is 2. The van der Waals surface area contributed by atoms with E-state index in [1.54, 1.807) is 24.3 Å². The third kappa shape index (κ3) is 10.2. The molecule has 2 aromatic carbocycles. The van der Waals surface area contributed by atoms with Gasteiger partial charge in [0.15, 0.2) is 16.9 Å². The van der Waals surface area contributed by atoms with Crippen molar-refractivity contribution in [1.29, 1.82) is 0 Å². The van der Waals surface area contributed by atoms with Crippen LogP contribution in [0.5, 0.6) is 0 Å². The highest BCUT2D eigenvalue weighted by atomic mass is 31.2. The van der Waals surface area contributed by atoms with Crippen LogP contribution in [0.1, 0.15) is 65.6 Å². The first-order valence-electron chi connectivity index (χ1n) is 14.9. The molecule has 0 bridgehead atoms. The molecule has 48 heavy (non-hydrogen) atoms. The lowest BCUT2D eigenvalue weighted by Gasteiger charge is -2.15. The highest BCUT2D eigenvalue weighted by Gasteiger charge is 2.32. The number of ether oxygens (including phenoxy) is 1. The lowest BCUT2D eigenvalue weighted by molar-refractivity contribution is -0.137. The van der Waals surface area contributed by atoms with E-state index in [2.05, 4.69) is 30.6 Å². The highest BCUT2D eigenvalue weighted by Crippen LogP contribution is 2.39. The van der Waals surface area contributed by atoms with E-state index in [0.29, 0.717) is 49.6 Å². The molecule has 0 fully saturated rings. The molecule has 0 saturated carbocycles. The maximum Gasteiger partial charge on any atom is 0.416 e. The molecule has 3 N–H and O–H groups in total. The number of carbonyl (C=O) groups is 2. The van der Waals surface area contributed by atoms with Crippen LogP contribution in [0.2, 0.25) is 0 Å². The van der Waals surface area contributed by atoms with Crippen LogP contribution in [0.3, 0.4) is 0 Å². The Morgan fingerprint density at radius 3 is 2.33 bits per heavy atom. The van der Waals surface area contributed by atoms with Gasteiger partial charge >= 0.3 is 20.7 Å². The van der Waals surface area contributed by atoms with Gasteiger partial charge in [0.05, 0.1) is 61.7 Å². The number of aromatic amines is 1. The Morgan fingerprint density at radius 1 is 0.958 bits per heavy atom. The number of rotatable bonds is 17. The van der Waals surface area contributed by atoms with E-state index in [9.17, 15) is 27.6 Å². The molecule has 0 amide bonds. The van der Waals surface area contributed by atoms with Crippen molar-refractivity contribution in [3.63, 3.8) is 0 Å². The third-order valence-electron chi connectivity index (χ3n) is 6.49. The minimum Gasteiger partial charge on any atom is -0.462 e. The molecule has 0 spiro atoms. The summed E-state index contributed by atoms with van der Waals surface area (Å²) in [6.45, 7) is 6.45. The molecule has 17 heteroatoms. The molecular formula is C31H34F3N6O7P. The Balaban J connectivity index is 1.44. The van der Waals surface area contributed by atoms with Gasteiger partial charge in [-0.1, -0.05) is 0 Å². The minimum atomic E-state index is -4.71. The number of benzene rings is 2. The summed E-state index contributed by atoms with van der Waals surface area (Å²) in [5.74, 6) is -1.20. The average molecular weight is 691 g/mol. The predicted molar refractivity (Wildman–Crippen MR) is 172 cm³/mol. The molecule has 0 unspecified atom stereocenters. The van der Waals surface area contributed by atoms with Crippen LogP contribution in [-0.2, 0) is 31.0 Å². The smallest absolute Gasteiger partial charge is 0.416 e. The van der Waals surface area contributed by atoms with Gasteiger partial charge in [0.2, 0.25) is 5.95 Å². The van der Waals surface area contributed by atoms with Crippen molar-refractivity contribution in [2.45, 2.75) is 46.3 Å². The van der Waals surface area contributed by atoms with E-state index in [1.165, 1.54) is 13.1 Å². The third-order valence-corrected chi connectivity index (χ3v) is 7.82. The van der Waals surface area contributed by atoms with Crippen LogP contribution in [0.15, 0.2) is 53.5 Å². The number of ketones is 1. The molecule has 13 nitrogen and oxygen atoms in total. The fourth-order valence-electron chi connectivity index (χ4n) is 4.15. The Bertz CT molecular complexity index is 1770. The number of nitrogens with zero attached hydrogens (tertiary/aromatic N) is 3. The fourth-order valence-corrected chi connectivity index (χ4v) is 5.08. The Hall–Kier alpha value is -4.50. The number of fused-ring (bicyclic) bond motifs is 1. The Kier molecular flexibility index (Phi) is 12.9. The second-order valence-corrected chi connectivity index (χ2v) is 11.3.